The highest BCUT2D eigenvalue weighted by molar-refractivity contribution is 5.96. The number of methoxy groups -OCH3 is 1. The molecule has 4 saturated carbocycles. The Labute approximate surface area is 262 Å². The average molecular weight is 612 g/mol. The van der Waals surface area contributed by atoms with E-state index >= 15 is 0 Å². The number of fused-ring (bicyclic) bond motifs is 7. The van der Waals surface area contributed by atoms with E-state index in [1.807, 2.05) is 19.9 Å². The molecule has 44 heavy (non-hydrogen) atoms. The third-order valence-corrected chi connectivity index (χ3v) is 15.4. The molecule has 0 amide bonds. The van der Waals surface area contributed by atoms with E-state index in [4.69, 9.17) is 4.74 Å². The summed E-state index contributed by atoms with van der Waals surface area (Å²) in [5.74, 6) is -2.25. The molecule has 0 aromatic heterocycles. The fraction of sp³-hybridized carbons (Fsp3) is 0.833. The van der Waals surface area contributed by atoms with E-state index < -0.39 is 34.2 Å². The Hall–Kier alpha value is -2.22. The van der Waals surface area contributed by atoms with Gasteiger partial charge in [0.1, 0.15) is 6.04 Å². The zero-order chi connectivity index (χ0) is 32.3. The maximum absolute atomic E-state index is 14.7. The third kappa shape index (κ3) is 3.90. The number of likely N-dealkylation sites (tertiary alicyclic amines) is 1. The molecular formula is C36H53NO7. The number of nitrogens with zero attached hydrogens (tertiary/aromatic N) is 1. The summed E-state index contributed by atoms with van der Waals surface area (Å²) < 4.78 is 5.13. The number of carboxylic acids is 2. The molecule has 1 saturated heterocycles. The van der Waals surface area contributed by atoms with Gasteiger partial charge in [0, 0.05) is 12.0 Å². The summed E-state index contributed by atoms with van der Waals surface area (Å²) in [7, 11) is 1.40. The second-order valence-electron chi connectivity index (χ2n) is 17.1. The van der Waals surface area contributed by atoms with Crippen LogP contribution in [0.3, 0.4) is 0 Å². The van der Waals surface area contributed by atoms with Crippen molar-refractivity contribution < 1.29 is 34.1 Å². The second kappa shape index (κ2) is 9.89. The van der Waals surface area contributed by atoms with Crippen molar-refractivity contribution in [3.05, 3.63) is 11.6 Å². The van der Waals surface area contributed by atoms with Crippen LogP contribution in [0.15, 0.2) is 11.6 Å². The minimum absolute atomic E-state index is 0.0171. The summed E-state index contributed by atoms with van der Waals surface area (Å²) in [6, 6.07) is -0.730. The van der Waals surface area contributed by atoms with Gasteiger partial charge in [0.05, 0.1) is 17.9 Å². The summed E-state index contributed by atoms with van der Waals surface area (Å²) in [5, 5.41) is 21.2. The third-order valence-electron chi connectivity index (χ3n) is 15.4. The quantitative estimate of drug-likeness (QED) is 0.365. The van der Waals surface area contributed by atoms with E-state index in [0.717, 1.165) is 44.1 Å². The van der Waals surface area contributed by atoms with Crippen LogP contribution in [0.4, 0.5) is 0 Å². The smallest absolute Gasteiger partial charge is 0.323 e. The molecule has 11 atom stereocenters. The maximum atomic E-state index is 14.7. The van der Waals surface area contributed by atoms with E-state index in [9.17, 15) is 29.4 Å². The lowest BCUT2D eigenvalue weighted by atomic mass is 9.33. The van der Waals surface area contributed by atoms with E-state index in [0.29, 0.717) is 38.6 Å². The van der Waals surface area contributed by atoms with E-state index in [1.165, 1.54) is 7.11 Å². The zero-order valence-electron chi connectivity index (χ0n) is 27.8. The van der Waals surface area contributed by atoms with Crippen molar-refractivity contribution in [2.45, 2.75) is 124 Å². The Kier molecular flexibility index (Phi) is 7.14. The molecule has 6 rings (SSSR count). The Balaban J connectivity index is 1.41. The fourth-order valence-electron chi connectivity index (χ4n) is 12.4. The molecular weight excluding hydrogens is 558 g/mol. The first-order chi connectivity index (χ1) is 20.4. The summed E-state index contributed by atoms with van der Waals surface area (Å²) in [4.78, 5) is 55.3. The molecule has 1 unspecified atom stereocenters. The number of carboxylic acid groups (broad SMARTS) is 2. The fourth-order valence-corrected chi connectivity index (χ4v) is 12.4. The number of aliphatic carboxylic acids is 2. The first kappa shape index (κ1) is 31.7. The predicted molar refractivity (Wildman–Crippen MR) is 165 cm³/mol. The van der Waals surface area contributed by atoms with Crippen molar-refractivity contribution in [2.24, 2.45) is 50.2 Å². The molecule has 244 valence electrons. The highest BCUT2D eigenvalue weighted by Gasteiger charge is 2.72. The van der Waals surface area contributed by atoms with Crippen LogP contribution in [-0.4, -0.2) is 64.5 Å². The zero-order valence-corrected chi connectivity index (χ0v) is 27.8. The van der Waals surface area contributed by atoms with Gasteiger partial charge >= 0.3 is 17.9 Å². The number of ether oxygens (including phenoxy) is 1. The number of hydrogen-bond acceptors (Lipinski definition) is 6. The molecule has 0 aromatic rings. The molecule has 2 N–H and O–H groups in total. The topological polar surface area (TPSA) is 121 Å². The van der Waals surface area contributed by atoms with Gasteiger partial charge in [0.15, 0.2) is 5.78 Å². The largest absolute Gasteiger partial charge is 0.481 e. The maximum Gasteiger partial charge on any atom is 0.323 e. The number of carbonyl (C=O) groups is 4. The molecule has 0 bridgehead atoms. The summed E-state index contributed by atoms with van der Waals surface area (Å²) >= 11 is 0. The summed E-state index contributed by atoms with van der Waals surface area (Å²) in [6.45, 7) is 13.6. The van der Waals surface area contributed by atoms with Gasteiger partial charge in [-0.1, -0.05) is 33.3 Å². The summed E-state index contributed by atoms with van der Waals surface area (Å²) in [6.07, 6.45) is 10.3. The number of rotatable bonds is 4. The van der Waals surface area contributed by atoms with Crippen molar-refractivity contribution in [3.8, 4) is 0 Å². The Morgan fingerprint density at radius 1 is 0.886 bits per heavy atom. The van der Waals surface area contributed by atoms with Gasteiger partial charge in [-0.05, 0) is 131 Å². The van der Waals surface area contributed by atoms with Crippen molar-refractivity contribution in [2.75, 3.05) is 13.7 Å². The Morgan fingerprint density at radius 2 is 1.57 bits per heavy atom. The molecule has 0 radical (unpaired) electrons. The molecule has 5 aliphatic carbocycles. The van der Waals surface area contributed by atoms with Crippen LogP contribution in [0.5, 0.6) is 0 Å². The highest BCUT2D eigenvalue weighted by Crippen LogP contribution is 2.75. The minimum Gasteiger partial charge on any atom is -0.481 e. The van der Waals surface area contributed by atoms with Crippen LogP contribution < -0.4 is 0 Å². The molecule has 5 fully saturated rings. The molecule has 0 aromatic carbocycles. The van der Waals surface area contributed by atoms with Gasteiger partial charge < -0.3 is 14.9 Å². The predicted octanol–water partition coefficient (Wildman–Crippen LogP) is 6.12. The molecule has 8 heteroatoms. The van der Waals surface area contributed by atoms with Crippen LogP contribution in [0.1, 0.15) is 112 Å². The van der Waals surface area contributed by atoms with Gasteiger partial charge in [0.2, 0.25) is 0 Å². The highest BCUT2D eigenvalue weighted by atomic mass is 16.5. The second-order valence-corrected chi connectivity index (χ2v) is 17.1. The van der Waals surface area contributed by atoms with Gasteiger partial charge in [-0.2, -0.15) is 0 Å². The van der Waals surface area contributed by atoms with Gasteiger partial charge in [-0.15, -0.1) is 0 Å². The lowest BCUT2D eigenvalue weighted by Crippen LogP contribution is -2.70. The first-order valence-electron chi connectivity index (χ1n) is 17.0. The van der Waals surface area contributed by atoms with E-state index in [-0.39, 0.29) is 51.8 Å². The van der Waals surface area contributed by atoms with Gasteiger partial charge in [0.25, 0.3) is 0 Å². The first-order valence-corrected chi connectivity index (χ1v) is 17.0. The van der Waals surface area contributed by atoms with Crippen LogP contribution >= 0.6 is 0 Å². The van der Waals surface area contributed by atoms with Crippen molar-refractivity contribution in [3.63, 3.8) is 0 Å². The summed E-state index contributed by atoms with van der Waals surface area (Å²) in [5.41, 5.74) is -1.90. The average Bonchev–Trinajstić information content (AvgIpc) is 3.44. The number of allylic oxidation sites excluding steroid dienone is 2. The molecule has 1 heterocycles. The van der Waals surface area contributed by atoms with E-state index in [2.05, 4.69) is 32.6 Å². The van der Waals surface area contributed by atoms with Crippen LogP contribution in [-0.2, 0) is 23.9 Å². The minimum atomic E-state index is -1.12. The van der Waals surface area contributed by atoms with Crippen molar-refractivity contribution in [1.82, 2.24) is 4.90 Å². The standard InChI is InChI=1S/C36H53NO7/c1-31-14-15-32(2,29(40)41)20-22(31)21-19-24(38)27-33(3)12-11-26(37-18-8-9-23(37)28(39)44-7)36(6,30(42)43)25(33)10-13-35(27,5)34(21,4)17-16-31/h19,22-23,25-27H,8-18,20H2,1-7H3,(H,40,41)(H,42,43)/t22-,23?,25+,26-,27+,31+,32-,33-,34+,35+,36-/m0/s1. The lowest BCUT2D eigenvalue weighted by Gasteiger charge is -2.70. The molecule has 6 aliphatic rings. The number of carbonyl (C=O) groups excluding carboxylic acids is 2. The normalized spacial score (nSPS) is 50.4. The van der Waals surface area contributed by atoms with E-state index in [1.54, 1.807) is 0 Å². The Morgan fingerprint density at radius 3 is 2.20 bits per heavy atom. The van der Waals surface area contributed by atoms with Gasteiger partial charge in [-0.25, -0.2) is 0 Å². The number of esters is 1. The van der Waals surface area contributed by atoms with Crippen LogP contribution in [0.2, 0.25) is 0 Å². The number of ketones is 1. The SMILES string of the molecule is COC(=O)C1CCCN1[C@H]1CC[C@@]2(C)[C@@H](CC[C@]3(C)[C@@H]2C(=O)C=C2[C@@H]4C[C@@](C)(C(=O)O)CC[C@]4(C)CC[C@]23C)[C@]1(C)C(=O)O. The van der Waals surface area contributed by atoms with Crippen LogP contribution in [0, 0.1) is 50.2 Å². The molecule has 0 spiro atoms. The number of hydrogen-bond donors (Lipinski definition) is 2. The van der Waals surface area contributed by atoms with Gasteiger partial charge in [-0.3, -0.25) is 24.1 Å². The van der Waals surface area contributed by atoms with Crippen molar-refractivity contribution in [1.29, 1.82) is 0 Å². The van der Waals surface area contributed by atoms with Crippen LogP contribution in [0.25, 0.3) is 0 Å². The molecule has 8 nitrogen and oxygen atoms in total. The lowest BCUT2D eigenvalue weighted by molar-refractivity contribution is -0.210. The van der Waals surface area contributed by atoms with Crippen molar-refractivity contribution >= 4 is 23.7 Å². The molecule has 1 aliphatic heterocycles. The Bertz CT molecular complexity index is 1330. The monoisotopic (exact) mass is 611 g/mol.